The number of aromatic amines is 1. The maximum atomic E-state index is 11.8. The van der Waals surface area contributed by atoms with E-state index in [-0.39, 0.29) is 6.54 Å². The summed E-state index contributed by atoms with van der Waals surface area (Å²) in [5, 5.41) is 0.846. The molecule has 0 fully saturated rings. The number of hydrogen-bond acceptors (Lipinski definition) is 5. The highest BCUT2D eigenvalue weighted by molar-refractivity contribution is 7.87. The van der Waals surface area contributed by atoms with E-state index in [0.29, 0.717) is 23.7 Å². The second-order valence-electron chi connectivity index (χ2n) is 5.31. The first-order chi connectivity index (χ1) is 11.4. The SMILES string of the molecule is COc1cc2[nH]cc(CCNS(=O)(=O)N(C)C)c2c(OC)c1OC. The highest BCUT2D eigenvalue weighted by atomic mass is 32.2. The minimum Gasteiger partial charge on any atom is -0.493 e. The molecule has 0 unspecified atom stereocenters. The van der Waals surface area contributed by atoms with Crippen LogP contribution in [0.2, 0.25) is 0 Å². The van der Waals surface area contributed by atoms with E-state index < -0.39 is 10.2 Å². The van der Waals surface area contributed by atoms with Gasteiger partial charge in [0.1, 0.15) is 0 Å². The Bertz CT molecular complexity index is 814. The topological polar surface area (TPSA) is 92.9 Å². The predicted molar refractivity (Wildman–Crippen MR) is 92.3 cm³/mol. The van der Waals surface area contributed by atoms with Crippen molar-refractivity contribution < 1.29 is 22.6 Å². The number of fused-ring (bicyclic) bond motifs is 1. The summed E-state index contributed by atoms with van der Waals surface area (Å²) in [5.41, 5.74) is 1.75. The van der Waals surface area contributed by atoms with Gasteiger partial charge in [-0.15, -0.1) is 0 Å². The first-order valence-electron chi connectivity index (χ1n) is 7.31. The molecule has 0 spiro atoms. The van der Waals surface area contributed by atoms with E-state index >= 15 is 0 Å². The zero-order valence-electron chi connectivity index (χ0n) is 14.5. The van der Waals surface area contributed by atoms with Gasteiger partial charge >= 0.3 is 0 Å². The van der Waals surface area contributed by atoms with Crippen LogP contribution in [-0.2, 0) is 16.6 Å². The van der Waals surface area contributed by atoms with Crippen molar-refractivity contribution in [3.8, 4) is 17.2 Å². The molecular weight excluding hydrogens is 334 g/mol. The zero-order valence-corrected chi connectivity index (χ0v) is 15.3. The fourth-order valence-electron chi connectivity index (χ4n) is 2.47. The second-order valence-corrected chi connectivity index (χ2v) is 7.28. The van der Waals surface area contributed by atoms with Gasteiger partial charge in [0.25, 0.3) is 10.2 Å². The maximum absolute atomic E-state index is 11.8. The fourth-order valence-corrected chi connectivity index (χ4v) is 3.09. The Labute approximate surface area is 141 Å². The van der Waals surface area contributed by atoms with Crippen molar-refractivity contribution in [1.29, 1.82) is 0 Å². The van der Waals surface area contributed by atoms with Gasteiger partial charge in [-0.25, -0.2) is 4.72 Å². The Hall–Kier alpha value is -1.97. The van der Waals surface area contributed by atoms with Gasteiger partial charge in [-0.05, 0) is 12.0 Å². The van der Waals surface area contributed by atoms with Crippen molar-refractivity contribution in [3.05, 3.63) is 17.8 Å². The Morgan fingerprint density at radius 2 is 1.79 bits per heavy atom. The number of nitrogens with zero attached hydrogens (tertiary/aromatic N) is 1. The smallest absolute Gasteiger partial charge is 0.278 e. The average Bonchev–Trinajstić information content (AvgIpc) is 2.95. The molecule has 2 aromatic rings. The molecule has 0 bridgehead atoms. The number of benzene rings is 1. The van der Waals surface area contributed by atoms with Gasteiger partial charge in [0.15, 0.2) is 11.5 Å². The van der Waals surface area contributed by atoms with Gasteiger partial charge in [0, 0.05) is 38.3 Å². The van der Waals surface area contributed by atoms with E-state index in [1.807, 2.05) is 12.3 Å². The summed E-state index contributed by atoms with van der Waals surface area (Å²) in [6.07, 6.45) is 2.33. The minimum absolute atomic E-state index is 0.269. The summed E-state index contributed by atoms with van der Waals surface area (Å²) in [4.78, 5) is 3.16. The fraction of sp³-hybridized carbons (Fsp3) is 0.467. The lowest BCUT2D eigenvalue weighted by Crippen LogP contribution is -2.36. The van der Waals surface area contributed by atoms with Crippen molar-refractivity contribution in [1.82, 2.24) is 14.0 Å². The summed E-state index contributed by atoms with van der Waals surface area (Å²) in [6, 6.07) is 1.82. The standard InChI is InChI=1S/C15H23N3O5S/c1-18(2)24(19,20)17-7-6-10-9-16-11-8-12(21-3)14(22-4)15(23-5)13(10)11/h8-9,16-17H,6-7H2,1-5H3. The monoisotopic (exact) mass is 357 g/mol. The average molecular weight is 357 g/mol. The van der Waals surface area contributed by atoms with Crippen LogP contribution in [-0.4, -0.2) is 59.7 Å². The molecule has 0 saturated heterocycles. The Balaban J connectivity index is 2.35. The van der Waals surface area contributed by atoms with Crippen LogP contribution in [0.4, 0.5) is 0 Å². The van der Waals surface area contributed by atoms with Gasteiger partial charge in [-0.2, -0.15) is 12.7 Å². The lowest BCUT2D eigenvalue weighted by molar-refractivity contribution is 0.327. The van der Waals surface area contributed by atoms with Crippen molar-refractivity contribution in [2.24, 2.45) is 0 Å². The molecule has 0 aliphatic rings. The number of aromatic nitrogens is 1. The normalized spacial score (nSPS) is 11.9. The molecule has 0 radical (unpaired) electrons. The van der Waals surface area contributed by atoms with E-state index in [1.54, 1.807) is 21.3 Å². The molecule has 9 heteroatoms. The first-order valence-corrected chi connectivity index (χ1v) is 8.75. The molecule has 0 amide bonds. The summed E-state index contributed by atoms with van der Waals surface area (Å²) >= 11 is 0. The minimum atomic E-state index is -3.45. The second kappa shape index (κ2) is 7.29. The molecule has 0 atom stereocenters. The third kappa shape index (κ3) is 3.42. The summed E-state index contributed by atoms with van der Waals surface area (Å²) in [7, 11) is 4.18. The Kier molecular flexibility index (Phi) is 5.58. The molecular formula is C15H23N3O5S. The van der Waals surface area contributed by atoms with Crippen LogP contribution in [0.25, 0.3) is 10.9 Å². The molecule has 0 aliphatic carbocycles. The predicted octanol–water partition coefficient (Wildman–Crippen LogP) is 1.13. The molecule has 2 N–H and O–H groups in total. The summed E-state index contributed by atoms with van der Waals surface area (Å²) in [5.74, 6) is 1.62. The maximum Gasteiger partial charge on any atom is 0.278 e. The first kappa shape index (κ1) is 18.4. The molecule has 8 nitrogen and oxygen atoms in total. The molecule has 1 heterocycles. The van der Waals surface area contributed by atoms with Gasteiger partial charge < -0.3 is 19.2 Å². The largest absolute Gasteiger partial charge is 0.493 e. The molecule has 1 aromatic carbocycles. The van der Waals surface area contributed by atoms with Gasteiger partial charge in [-0.1, -0.05) is 0 Å². The number of nitrogens with one attached hydrogen (secondary N) is 2. The third-order valence-electron chi connectivity index (χ3n) is 3.71. The molecule has 0 aliphatic heterocycles. The number of hydrogen-bond donors (Lipinski definition) is 2. The van der Waals surface area contributed by atoms with Gasteiger partial charge in [-0.3, -0.25) is 0 Å². The summed E-state index contributed by atoms with van der Waals surface area (Å²) < 4.78 is 43.5. The van der Waals surface area contributed by atoms with Gasteiger partial charge in [0.05, 0.1) is 26.8 Å². The summed E-state index contributed by atoms with van der Waals surface area (Å²) in [6.45, 7) is 0.269. The number of H-pyrrole nitrogens is 1. The number of methoxy groups -OCH3 is 3. The Morgan fingerprint density at radius 3 is 2.33 bits per heavy atom. The van der Waals surface area contributed by atoms with E-state index in [2.05, 4.69) is 9.71 Å². The number of ether oxygens (including phenoxy) is 3. The van der Waals surface area contributed by atoms with Crippen molar-refractivity contribution in [2.75, 3.05) is 42.0 Å². The quantitative estimate of drug-likeness (QED) is 0.739. The van der Waals surface area contributed by atoms with E-state index in [1.165, 1.54) is 14.1 Å². The molecule has 1 aromatic heterocycles. The van der Waals surface area contributed by atoms with Crippen molar-refractivity contribution in [2.45, 2.75) is 6.42 Å². The molecule has 24 heavy (non-hydrogen) atoms. The highest BCUT2D eigenvalue weighted by Gasteiger charge is 2.20. The van der Waals surface area contributed by atoms with Crippen molar-refractivity contribution >= 4 is 21.1 Å². The lowest BCUT2D eigenvalue weighted by Gasteiger charge is -2.14. The Morgan fingerprint density at radius 1 is 1.12 bits per heavy atom. The molecule has 2 rings (SSSR count). The number of rotatable bonds is 8. The lowest BCUT2D eigenvalue weighted by atomic mass is 10.1. The van der Waals surface area contributed by atoms with Crippen molar-refractivity contribution in [3.63, 3.8) is 0 Å². The van der Waals surface area contributed by atoms with Crippen LogP contribution in [0.3, 0.4) is 0 Å². The van der Waals surface area contributed by atoms with Crippen LogP contribution in [0, 0.1) is 0 Å². The van der Waals surface area contributed by atoms with Crippen LogP contribution in [0.15, 0.2) is 12.3 Å². The van der Waals surface area contributed by atoms with Crippen LogP contribution in [0.5, 0.6) is 17.2 Å². The van der Waals surface area contributed by atoms with Crippen LogP contribution >= 0.6 is 0 Å². The van der Waals surface area contributed by atoms with E-state index in [9.17, 15) is 8.42 Å². The van der Waals surface area contributed by atoms with Crippen LogP contribution < -0.4 is 18.9 Å². The van der Waals surface area contributed by atoms with Crippen LogP contribution in [0.1, 0.15) is 5.56 Å². The third-order valence-corrected chi connectivity index (χ3v) is 5.24. The van der Waals surface area contributed by atoms with E-state index in [0.717, 1.165) is 20.8 Å². The molecule has 134 valence electrons. The zero-order chi connectivity index (χ0) is 17.9. The molecule has 0 saturated carbocycles. The highest BCUT2D eigenvalue weighted by Crippen LogP contribution is 2.44. The van der Waals surface area contributed by atoms with E-state index in [4.69, 9.17) is 14.2 Å². The van der Waals surface area contributed by atoms with Gasteiger partial charge in [0.2, 0.25) is 5.75 Å².